The lowest BCUT2D eigenvalue weighted by atomic mass is 10.1. The molecule has 67 heavy (non-hydrogen) atoms. The van der Waals surface area contributed by atoms with E-state index in [1.807, 2.05) is 24.6 Å². The first kappa shape index (κ1) is 48.6. The van der Waals surface area contributed by atoms with Crippen molar-refractivity contribution in [1.82, 2.24) is 49.1 Å². The highest BCUT2D eigenvalue weighted by Gasteiger charge is 2.25. The molecule has 2 aromatic carbocycles. The first-order valence-corrected chi connectivity index (χ1v) is 22.9. The van der Waals surface area contributed by atoms with Crippen LogP contribution in [0.4, 0.5) is 20.4 Å². The van der Waals surface area contributed by atoms with Crippen LogP contribution in [0.25, 0.3) is 11.4 Å². The quantitative estimate of drug-likeness (QED) is 0.0704. The summed E-state index contributed by atoms with van der Waals surface area (Å²) in [5, 5.41) is 50.9. The molecule has 0 saturated carbocycles. The van der Waals surface area contributed by atoms with Gasteiger partial charge in [-0.15, -0.1) is 0 Å². The van der Waals surface area contributed by atoms with Crippen molar-refractivity contribution in [2.24, 2.45) is 0 Å². The molecule has 6 aromatic heterocycles. The van der Waals surface area contributed by atoms with Crippen LogP contribution in [0, 0.1) is 31.9 Å². The van der Waals surface area contributed by atoms with Gasteiger partial charge >= 0.3 is 11.6 Å². The molecule has 6 heterocycles. The molecule has 8 rings (SSSR count). The molecule has 0 amide bonds. The van der Waals surface area contributed by atoms with Gasteiger partial charge in [0.05, 0.1) is 38.4 Å². The van der Waals surface area contributed by atoms with Gasteiger partial charge < -0.3 is 34.8 Å². The van der Waals surface area contributed by atoms with Gasteiger partial charge in [-0.2, -0.15) is 20.4 Å². The summed E-state index contributed by atoms with van der Waals surface area (Å²) in [6, 6.07) is 14.6. The number of nitrogens with zero attached hydrogens (tertiary/aromatic N) is 12. The second-order valence-electron chi connectivity index (χ2n) is 14.1. The lowest BCUT2D eigenvalue weighted by Crippen LogP contribution is -2.12. The van der Waals surface area contributed by atoms with E-state index in [0.29, 0.717) is 60.3 Å². The fraction of sp³-hybridized carbons (Fsp3) is 0.190. The number of benzene rings is 2. The molecule has 346 valence electrons. The predicted molar refractivity (Wildman–Crippen MR) is 251 cm³/mol. The monoisotopic (exact) mass is 1170 g/mol. The summed E-state index contributed by atoms with van der Waals surface area (Å²) < 4.78 is 48.8. The van der Waals surface area contributed by atoms with Crippen molar-refractivity contribution in [1.29, 1.82) is 0 Å². The van der Waals surface area contributed by atoms with Crippen LogP contribution in [-0.4, -0.2) is 64.0 Å². The Morgan fingerprint density at radius 2 is 1.16 bits per heavy atom. The molecule has 25 heteroatoms. The van der Waals surface area contributed by atoms with Crippen molar-refractivity contribution < 1.29 is 33.2 Å². The number of aliphatic hydroxyl groups is 1. The topological polar surface area (TPSA) is 222 Å². The number of aryl methyl sites for hydroxylation is 2. The number of hydrogen-bond acceptors (Lipinski definition) is 13. The third-order valence-electron chi connectivity index (χ3n) is 9.83. The molecule has 0 spiro atoms. The van der Waals surface area contributed by atoms with E-state index >= 15 is 0 Å². The molecule has 0 radical (unpaired) electrons. The zero-order valence-electron chi connectivity index (χ0n) is 34.9. The lowest BCUT2D eigenvalue weighted by molar-refractivity contribution is -0.390. The van der Waals surface area contributed by atoms with Crippen molar-refractivity contribution >= 4 is 75.4 Å². The van der Waals surface area contributed by atoms with Gasteiger partial charge in [-0.05, 0) is 146 Å². The van der Waals surface area contributed by atoms with Gasteiger partial charge in [-0.1, -0.05) is 0 Å². The van der Waals surface area contributed by atoms with Crippen LogP contribution in [0.5, 0.6) is 11.5 Å². The summed E-state index contributed by atoms with van der Waals surface area (Å²) in [5.41, 5.74) is 4.65. The molecule has 19 nitrogen and oxygen atoms in total. The molecule has 0 aliphatic heterocycles. The van der Waals surface area contributed by atoms with Crippen molar-refractivity contribution in [3.8, 4) is 22.9 Å². The number of hydrogen-bond donors (Lipinski definition) is 1. The Hall–Kier alpha value is -6.28. The minimum Gasteiger partial charge on any atom is -0.481 e. The Bertz CT molecular complexity index is 3090. The highest BCUT2D eigenvalue weighted by atomic mass is 79.9. The molecule has 1 unspecified atom stereocenters. The van der Waals surface area contributed by atoms with Crippen LogP contribution < -0.4 is 9.47 Å². The smallest absolute Gasteiger partial charge is 0.406 e. The van der Waals surface area contributed by atoms with E-state index in [4.69, 9.17) is 9.47 Å². The van der Waals surface area contributed by atoms with Gasteiger partial charge in [-0.3, -0.25) is 9.36 Å². The maximum absolute atomic E-state index is 14.1. The number of rotatable bonds is 16. The molecule has 0 aliphatic carbocycles. The molecule has 0 bridgehead atoms. The number of aliphatic hydroxyl groups excluding tert-OH is 1. The van der Waals surface area contributed by atoms with Crippen molar-refractivity contribution in [3.63, 3.8) is 0 Å². The molecule has 0 saturated heterocycles. The fourth-order valence-electron chi connectivity index (χ4n) is 6.67. The van der Waals surface area contributed by atoms with E-state index in [-0.39, 0.29) is 24.7 Å². The van der Waals surface area contributed by atoms with Gasteiger partial charge in [0, 0.05) is 72.0 Å². The Labute approximate surface area is 412 Å². The van der Waals surface area contributed by atoms with Gasteiger partial charge in [-0.25, -0.2) is 18.1 Å². The number of nitro groups is 2. The van der Waals surface area contributed by atoms with Crippen molar-refractivity contribution in [3.05, 3.63) is 182 Å². The number of pyridine rings is 2. The van der Waals surface area contributed by atoms with Gasteiger partial charge in [0.25, 0.3) is 0 Å². The fourth-order valence-corrected chi connectivity index (χ4v) is 8.54. The summed E-state index contributed by atoms with van der Waals surface area (Å²) in [5.74, 6) is -1.97. The molecule has 0 fully saturated rings. The minimum absolute atomic E-state index is 0.0267. The minimum atomic E-state index is -1.08. The van der Waals surface area contributed by atoms with Crippen LogP contribution in [0.15, 0.2) is 116 Å². The largest absolute Gasteiger partial charge is 0.481 e. The Morgan fingerprint density at radius 3 is 1.69 bits per heavy atom. The average molecular weight is 1180 g/mol. The lowest BCUT2D eigenvalue weighted by Gasteiger charge is -2.16. The van der Waals surface area contributed by atoms with Crippen LogP contribution in [0.2, 0.25) is 0 Å². The Balaban J connectivity index is 0.000000199. The Morgan fingerprint density at radius 1 is 0.657 bits per heavy atom. The van der Waals surface area contributed by atoms with Crippen molar-refractivity contribution in [2.45, 2.75) is 52.7 Å². The standard InChI is InChI=1S/C21H17Br2FN6O4.C21H17Br2FN6O3/c1-2-28-20(23)15(10-27-28)19(31)17-5-6-26-29(17)16-4-3-14(24)7-12(16)11-34-18-8-13(22)9-25-21(18)30(32)33;1-2-28-20(23)13(10-27-28)8-17-5-6-26-29(17)18-4-3-16(24)7-14(18)12-33-19-9-15(22)11-25-21(19)30(31)32/h3-10,19,31H,2,11H2,1H3;3-7,9-11H,2,8,12H2,1H3. The van der Waals surface area contributed by atoms with Crippen LogP contribution >= 0.6 is 63.7 Å². The normalized spacial score (nSPS) is 11.5. The SMILES string of the molecule is CCn1ncc(C(O)c2ccnn2-c2ccc(F)cc2COc2cc(Br)cnc2[N+](=O)[O-])c1Br.CCn1ncc(Cc2ccnn2-c2ccc(F)cc2COc2cc(Br)cnc2[N+](=O)[O-])c1Br. The number of ether oxygens (including phenoxy) is 2. The predicted octanol–water partition coefficient (Wildman–Crippen LogP) is 9.94. The van der Waals surface area contributed by atoms with Crippen LogP contribution in [0.3, 0.4) is 0 Å². The molecule has 8 aromatic rings. The highest BCUT2D eigenvalue weighted by molar-refractivity contribution is 9.11. The molecule has 1 atom stereocenters. The van der Waals surface area contributed by atoms with Gasteiger partial charge in [0.1, 0.15) is 40.2 Å². The molecule has 0 aliphatic rings. The Kier molecular flexibility index (Phi) is 15.7. The summed E-state index contributed by atoms with van der Waals surface area (Å²) in [7, 11) is 0. The average Bonchev–Trinajstić information content (AvgIpc) is 4.13. The van der Waals surface area contributed by atoms with Crippen molar-refractivity contribution in [2.75, 3.05) is 0 Å². The summed E-state index contributed by atoms with van der Waals surface area (Å²) >= 11 is 13.5. The van der Waals surface area contributed by atoms with Crippen LogP contribution in [-0.2, 0) is 32.7 Å². The molecular weight excluding hydrogens is 1140 g/mol. The van der Waals surface area contributed by atoms with E-state index in [1.54, 1.807) is 40.1 Å². The second-order valence-corrected chi connectivity index (χ2v) is 17.4. The first-order chi connectivity index (χ1) is 32.2. The zero-order valence-corrected chi connectivity index (χ0v) is 41.2. The maximum atomic E-state index is 14.1. The van der Waals surface area contributed by atoms with Gasteiger partial charge in [0.2, 0.25) is 11.5 Å². The molecular formula is C42H34Br4F2N12O7. The third-order valence-corrected chi connectivity index (χ3v) is 12.5. The maximum Gasteiger partial charge on any atom is 0.406 e. The highest BCUT2D eigenvalue weighted by Crippen LogP contribution is 2.33. The van der Waals surface area contributed by atoms with E-state index in [1.165, 1.54) is 65.7 Å². The van der Waals surface area contributed by atoms with E-state index in [0.717, 1.165) is 22.4 Å². The summed E-state index contributed by atoms with van der Waals surface area (Å²) in [6.45, 7) is 4.94. The summed E-state index contributed by atoms with van der Waals surface area (Å²) in [6.07, 6.45) is 8.58. The zero-order chi connectivity index (χ0) is 47.9. The second kappa shape index (κ2) is 21.6. The molecule has 1 N–H and O–H groups in total. The van der Waals surface area contributed by atoms with E-state index in [2.05, 4.69) is 94.1 Å². The van der Waals surface area contributed by atoms with Crippen LogP contribution in [0.1, 0.15) is 53.6 Å². The summed E-state index contributed by atoms with van der Waals surface area (Å²) in [4.78, 5) is 28.8. The first-order valence-electron chi connectivity index (χ1n) is 19.8. The van der Waals surface area contributed by atoms with E-state index in [9.17, 15) is 34.1 Å². The number of halogens is 6. The van der Waals surface area contributed by atoms with Gasteiger partial charge in [0.15, 0.2) is 12.4 Å². The number of aromatic nitrogens is 10. The third kappa shape index (κ3) is 11.1. The van der Waals surface area contributed by atoms with E-state index < -0.39 is 39.2 Å².